The van der Waals surface area contributed by atoms with Crippen molar-refractivity contribution in [2.75, 3.05) is 59.5 Å². The monoisotopic (exact) mass is 352 g/mol. The van der Waals surface area contributed by atoms with Crippen LogP contribution in [0, 0.1) is 17.8 Å². The normalized spacial score (nSPS) is 25.0. The van der Waals surface area contributed by atoms with E-state index in [9.17, 15) is 0 Å². The van der Waals surface area contributed by atoms with Gasteiger partial charge in [0.05, 0.1) is 59.0 Å². The summed E-state index contributed by atoms with van der Waals surface area (Å²) >= 11 is 0. The van der Waals surface area contributed by atoms with Gasteiger partial charge in [0.15, 0.2) is 0 Å². The molecule has 0 aromatic rings. The fourth-order valence-electron chi connectivity index (χ4n) is 3.22. The van der Waals surface area contributed by atoms with Crippen molar-refractivity contribution in [1.29, 1.82) is 0 Å². The summed E-state index contributed by atoms with van der Waals surface area (Å²) in [6.07, 6.45) is 16.4. The molecule has 0 amide bonds. The fraction of sp³-hybridized carbons (Fsp3) is 0.800. The van der Waals surface area contributed by atoms with Crippen LogP contribution in [0.1, 0.15) is 32.1 Å². The highest BCUT2D eigenvalue weighted by Crippen LogP contribution is 2.46. The average molecular weight is 352 g/mol. The molecule has 0 aromatic heterocycles. The van der Waals surface area contributed by atoms with Crippen molar-refractivity contribution in [1.82, 2.24) is 0 Å². The number of allylic oxidation sites excluding steroid dienone is 2. The molecular formula is C20H32O5. The van der Waals surface area contributed by atoms with Crippen molar-refractivity contribution in [3.63, 3.8) is 0 Å². The van der Waals surface area contributed by atoms with Crippen LogP contribution in [0.5, 0.6) is 0 Å². The lowest BCUT2D eigenvalue weighted by Crippen LogP contribution is -2.33. The van der Waals surface area contributed by atoms with Crippen molar-refractivity contribution in [3.8, 4) is 12.3 Å². The zero-order chi connectivity index (χ0) is 17.6. The van der Waals surface area contributed by atoms with Gasteiger partial charge >= 0.3 is 0 Å². The molecule has 0 aromatic carbocycles. The zero-order valence-corrected chi connectivity index (χ0v) is 15.3. The van der Waals surface area contributed by atoms with Gasteiger partial charge in [-0.1, -0.05) is 18.1 Å². The van der Waals surface area contributed by atoms with Gasteiger partial charge in [-0.25, -0.2) is 0 Å². The summed E-state index contributed by atoms with van der Waals surface area (Å²) in [5, 5.41) is 0. The van der Waals surface area contributed by atoms with Crippen LogP contribution < -0.4 is 0 Å². The first-order chi connectivity index (χ1) is 12.3. The molecule has 2 aliphatic carbocycles. The predicted molar refractivity (Wildman–Crippen MR) is 96.5 cm³/mol. The molecule has 5 nitrogen and oxygen atoms in total. The molecule has 2 aliphatic rings. The van der Waals surface area contributed by atoms with E-state index in [2.05, 4.69) is 18.1 Å². The second-order valence-corrected chi connectivity index (χ2v) is 6.63. The predicted octanol–water partition coefficient (Wildman–Crippen LogP) is 2.59. The third-order valence-electron chi connectivity index (χ3n) is 4.81. The number of hydrogen-bond donors (Lipinski definition) is 0. The van der Waals surface area contributed by atoms with E-state index in [4.69, 9.17) is 30.1 Å². The average Bonchev–Trinajstić information content (AvgIpc) is 2.61. The van der Waals surface area contributed by atoms with Crippen LogP contribution in [0.4, 0.5) is 0 Å². The molecule has 142 valence electrons. The molecule has 2 rings (SSSR count). The molecule has 0 heterocycles. The molecule has 1 saturated carbocycles. The summed E-state index contributed by atoms with van der Waals surface area (Å²) in [6, 6.07) is 0. The van der Waals surface area contributed by atoms with Gasteiger partial charge in [-0.15, -0.1) is 6.42 Å². The van der Waals surface area contributed by atoms with Crippen molar-refractivity contribution < 1.29 is 23.7 Å². The number of rotatable bonds is 14. The molecule has 0 atom stereocenters. The number of ether oxygens (including phenoxy) is 5. The van der Waals surface area contributed by atoms with Crippen LogP contribution in [-0.2, 0) is 23.7 Å². The van der Waals surface area contributed by atoms with E-state index in [1.54, 1.807) is 0 Å². The van der Waals surface area contributed by atoms with Crippen LogP contribution >= 0.6 is 0 Å². The third kappa shape index (κ3) is 8.35. The Balaban J connectivity index is 1.27. The van der Waals surface area contributed by atoms with Crippen LogP contribution in [0.3, 0.4) is 0 Å². The summed E-state index contributed by atoms with van der Waals surface area (Å²) in [5.41, 5.74) is 0.534. The molecule has 5 heteroatoms. The molecule has 0 saturated heterocycles. The van der Waals surface area contributed by atoms with E-state index in [1.165, 1.54) is 32.1 Å². The van der Waals surface area contributed by atoms with E-state index in [-0.39, 0.29) is 0 Å². The highest BCUT2D eigenvalue weighted by molar-refractivity contribution is 5.14. The summed E-state index contributed by atoms with van der Waals surface area (Å²) < 4.78 is 27.3. The van der Waals surface area contributed by atoms with E-state index in [0.29, 0.717) is 71.0 Å². The highest BCUT2D eigenvalue weighted by atomic mass is 16.6. The molecular weight excluding hydrogens is 320 g/mol. The van der Waals surface area contributed by atoms with E-state index in [0.717, 1.165) is 0 Å². The van der Waals surface area contributed by atoms with E-state index in [1.807, 2.05) is 0 Å². The van der Waals surface area contributed by atoms with Gasteiger partial charge in [0.2, 0.25) is 0 Å². The number of hydrogen-bond acceptors (Lipinski definition) is 5. The largest absolute Gasteiger partial charge is 0.377 e. The van der Waals surface area contributed by atoms with Crippen LogP contribution in [0.15, 0.2) is 12.2 Å². The summed E-state index contributed by atoms with van der Waals surface area (Å²) in [7, 11) is 0. The first-order valence-electron chi connectivity index (χ1n) is 9.38. The Bertz CT molecular complexity index is 407. The molecule has 0 unspecified atom stereocenters. The fourth-order valence-corrected chi connectivity index (χ4v) is 3.22. The minimum atomic E-state index is 0.333. The van der Waals surface area contributed by atoms with E-state index >= 15 is 0 Å². The smallest absolute Gasteiger partial charge is 0.107 e. The molecule has 0 aliphatic heterocycles. The minimum Gasteiger partial charge on any atom is -0.377 e. The Hall–Kier alpha value is -0.900. The third-order valence-corrected chi connectivity index (χ3v) is 4.81. The Morgan fingerprint density at radius 2 is 1.36 bits per heavy atom. The maximum Gasteiger partial charge on any atom is 0.107 e. The number of terminal acetylenes is 1. The summed E-state index contributed by atoms with van der Waals surface area (Å²) in [6.45, 7) is 4.99. The lowest BCUT2D eigenvalue weighted by Gasteiger charge is -2.41. The molecule has 1 fully saturated rings. The van der Waals surface area contributed by atoms with Gasteiger partial charge < -0.3 is 23.7 Å². The van der Waals surface area contributed by atoms with E-state index < -0.39 is 0 Å². The Morgan fingerprint density at radius 3 is 1.84 bits per heavy atom. The van der Waals surface area contributed by atoms with Gasteiger partial charge in [0.1, 0.15) is 6.61 Å². The first kappa shape index (κ1) is 20.4. The summed E-state index contributed by atoms with van der Waals surface area (Å²) in [4.78, 5) is 0. The van der Waals surface area contributed by atoms with Crippen LogP contribution in [-0.4, -0.2) is 65.6 Å². The maximum absolute atomic E-state index is 5.91. The summed E-state index contributed by atoms with van der Waals surface area (Å²) in [5.74, 6) is 2.41. The highest BCUT2D eigenvalue weighted by Gasteiger charge is 2.36. The molecule has 0 radical (unpaired) electrons. The van der Waals surface area contributed by atoms with Gasteiger partial charge in [0, 0.05) is 0 Å². The van der Waals surface area contributed by atoms with Gasteiger partial charge in [-0.3, -0.25) is 0 Å². The van der Waals surface area contributed by atoms with Crippen LogP contribution in [0.25, 0.3) is 0 Å². The minimum absolute atomic E-state index is 0.333. The lowest BCUT2D eigenvalue weighted by atomic mass is 9.66. The Kier molecular flexibility index (Phi) is 10.2. The van der Waals surface area contributed by atoms with Crippen molar-refractivity contribution in [3.05, 3.63) is 12.2 Å². The molecule has 25 heavy (non-hydrogen) atoms. The maximum atomic E-state index is 5.91. The van der Waals surface area contributed by atoms with Crippen LogP contribution in [0.2, 0.25) is 0 Å². The quantitative estimate of drug-likeness (QED) is 0.273. The van der Waals surface area contributed by atoms with Gasteiger partial charge in [-0.05, 0) is 37.5 Å². The van der Waals surface area contributed by atoms with Gasteiger partial charge in [-0.2, -0.15) is 0 Å². The SMILES string of the molecule is C#CCOCCOCCOCCOCCOC1CCC2(C=CC2)CC1. The van der Waals surface area contributed by atoms with Gasteiger partial charge in [0.25, 0.3) is 0 Å². The van der Waals surface area contributed by atoms with Crippen molar-refractivity contribution in [2.24, 2.45) is 5.41 Å². The lowest BCUT2D eigenvalue weighted by molar-refractivity contribution is -0.0376. The molecule has 0 bridgehead atoms. The first-order valence-corrected chi connectivity index (χ1v) is 9.38. The topological polar surface area (TPSA) is 46.2 Å². The molecule has 0 N–H and O–H groups in total. The zero-order valence-electron chi connectivity index (χ0n) is 15.3. The second-order valence-electron chi connectivity index (χ2n) is 6.63. The Morgan fingerprint density at radius 1 is 0.840 bits per heavy atom. The standard InChI is InChI=1S/C20H32O5/c1-2-10-21-11-12-22-13-14-23-15-16-24-17-18-25-19-4-8-20(9-5-19)6-3-7-20/h1,3,6,19H,4-5,7-18H2. The van der Waals surface area contributed by atoms with Crippen molar-refractivity contribution in [2.45, 2.75) is 38.2 Å². The second kappa shape index (κ2) is 12.5. The Labute approximate surface area is 152 Å². The molecule has 1 spiro atoms. The van der Waals surface area contributed by atoms with Crippen molar-refractivity contribution >= 4 is 0 Å².